The summed E-state index contributed by atoms with van der Waals surface area (Å²) in [5, 5.41) is 11.5. The fraction of sp³-hybridized carbons (Fsp3) is 0.500. The van der Waals surface area contributed by atoms with Crippen LogP contribution in [0.2, 0.25) is 0 Å². The molecule has 2 nitrogen and oxygen atoms in total. The number of fused-ring (bicyclic) bond motifs is 1. The van der Waals surface area contributed by atoms with Gasteiger partial charge in [-0.25, -0.2) is 4.98 Å². The standard InChI is InChI=1S/C18H21NOS/c20-15-10-6-9-14-16(15)21-17(19-14)18(11-4-5-12-18)13-7-2-1-3-8-13/h1-3,7-8,15,20H,4-6,9-12H2. The van der Waals surface area contributed by atoms with Crippen molar-refractivity contribution < 1.29 is 5.11 Å². The number of nitrogens with zero attached hydrogens (tertiary/aromatic N) is 1. The number of aromatic nitrogens is 1. The lowest BCUT2D eigenvalue weighted by Crippen LogP contribution is -2.23. The second-order valence-electron chi connectivity index (χ2n) is 6.39. The molecule has 1 atom stereocenters. The summed E-state index contributed by atoms with van der Waals surface area (Å²) in [6.07, 6.45) is 7.66. The Labute approximate surface area is 129 Å². The third kappa shape index (κ3) is 2.14. The predicted molar refractivity (Wildman–Crippen MR) is 85.7 cm³/mol. The molecule has 0 bridgehead atoms. The highest BCUT2D eigenvalue weighted by molar-refractivity contribution is 7.12. The van der Waals surface area contributed by atoms with Gasteiger partial charge in [-0.2, -0.15) is 0 Å². The molecule has 0 aliphatic heterocycles. The van der Waals surface area contributed by atoms with Crippen LogP contribution >= 0.6 is 11.3 Å². The van der Waals surface area contributed by atoms with Crippen molar-refractivity contribution in [2.24, 2.45) is 0 Å². The first-order valence-electron chi connectivity index (χ1n) is 8.03. The van der Waals surface area contributed by atoms with E-state index in [2.05, 4.69) is 30.3 Å². The van der Waals surface area contributed by atoms with Gasteiger partial charge < -0.3 is 5.11 Å². The minimum Gasteiger partial charge on any atom is -0.388 e. The molecule has 0 spiro atoms. The maximum atomic E-state index is 10.2. The monoisotopic (exact) mass is 299 g/mol. The smallest absolute Gasteiger partial charge is 0.104 e. The van der Waals surface area contributed by atoms with Crippen LogP contribution in [0, 0.1) is 0 Å². The van der Waals surface area contributed by atoms with Crippen molar-refractivity contribution in [3.63, 3.8) is 0 Å². The second kappa shape index (κ2) is 5.22. The van der Waals surface area contributed by atoms with E-state index in [4.69, 9.17) is 4.98 Å². The van der Waals surface area contributed by atoms with Crippen LogP contribution < -0.4 is 0 Å². The molecular weight excluding hydrogens is 278 g/mol. The van der Waals surface area contributed by atoms with E-state index >= 15 is 0 Å². The number of hydrogen-bond donors (Lipinski definition) is 1. The first-order chi connectivity index (χ1) is 10.3. The lowest BCUT2D eigenvalue weighted by Gasteiger charge is -2.27. The van der Waals surface area contributed by atoms with Gasteiger partial charge in [-0.3, -0.25) is 0 Å². The molecule has 3 heteroatoms. The number of thiazole rings is 1. The van der Waals surface area contributed by atoms with Crippen LogP contribution in [0.3, 0.4) is 0 Å². The first-order valence-corrected chi connectivity index (χ1v) is 8.85. The Bertz CT molecular complexity index is 628. The molecule has 0 radical (unpaired) electrons. The molecule has 1 unspecified atom stereocenters. The van der Waals surface area contributed by atoms with E-state index in [9.17, 15) is 5.11 Å². The number of aryl methyl sites for hydroxylation is 1. The van der Waals surface area contributed by atoms with Crippen molar-refractivity contribution in [1.29, 1.82) is 0 Å². The van der Waals surface area contributed by atoms with Gasteiger partial charge in [0.15, 0.2) is 0 Å². The van der Waals surface area contributed by atoms with Crippen molar-refractivity contribution in [3.8, 4) is 0 Å². The summed E-state index contributed by atoms with van der Waals surface area (Å²) in [5.74, 6) is 0. The Balaban J connectivity index is 1.82. The summed E-state index contributed by atoms with van der Waals surface area (Å²) >= 11 is 1.77. The molecule has 2 aromatic rings. The maximum Gasteiger partial charge on any atom is 0.104 e. The molecule has 1 saturated carbocycles. The van der Waals surface area contributed by atoms with E-state index in [1.165, 1.54) is 36.3 Å². The van der Waals surface area contributed by atoms with Crippen molar-refractivity contribution in [2.45, 2.75) is 56.5 Å². The molecular formula is C18H21NOS. The summed E-state index contributed by atoms with van der Waals surface area (Å²) in [7, 11) is 0. The molecule has 1 aromatic carbocycles. The van der Waals surface area contributed by atoms with Gasteiger partial charge in [0.1, 0.15) is 5.01 Å². The second-order valence-corrected chi connectivity index (χ2v) is 7.42. The summed E-state index contributed by atoms with van der Waals surface area (Å²) in [6, 6.07) is 10.9. The number of aliphatic hydroxyl groups is 1. The molecule has 4 rings (SSSR count). The molecule has 1 fully saturated rings. The molecule has 21 heavy (non-hydrogen) atoms. The number of rotatable bonds is 2. The molecule has 1 N–H and O–H groups in total. The minimum absolute atomic E-state index is 0.100. The molecule has 0 saturated heterocycles. The predicted octanol–water partition coefficient (Wildman–Crippen LogP) is 4.37. The van der Waals surface area contributed by atoms with Gasteiger partial charge in [-0.15, -0.1) is 11.3 Å². The zero-order valence-corrected chi connectivity index (χ0v) is 13.0. The van der Waals surface area contributed by atoms with E-state index in [-0.39, 0.29) is 11.5 Å². The minimum atomic E-state index is -0.283. The van der Waals surface area contributed by atoms with Gasteiger partial charge in [0, 0.05) is 5.41 Å². The maximum absolute atomic E-state index is 10.2. The Morgan fingerprint density at radius 2 is 1.86 bits per heavy atom. The van der Waals surface area contributed by atoms with Crippen LogP contribution in [0.15, 0.2) is 30.3 Å². The topological polar surface area (TPSA) is 33.1 Å². The fourth-order valence-corrected chi connectivity index (χ4v) is 5.36. The van der Waals surface area contributed by atoms with Gasteiger partial charge in [0.05, 0.1) is 16.7 Å². The van der Waals surface area contributed by atoms with Gasteiger partial charge >= 0.3 is 0 Å². The van der Waals surface area contributed by atoms with Crippen molar-refractivity contribution >= 4 is 11.3 Å². The zero-order chi connectivity index (χ0) is 14.3. The first kappa shape index (κ1) is 13.5. The zero-order valence-electron chi connectivity index (χ0n) is 12.2. The largest absolute Gasteiger partial charge is 0.388 e. The van der Waals surface area contributed by atoms with Crippen LogP contribution in [-0.2, 0) is 11.8 Å². The average molecular weight is 299 g/mol. The number of benzene rings is 1. The quantitative estimate of drug-likeness (QED) is 0.893. The fourth-order valence-electron chi connectivity index (χ4n) is 3.96. The van der Waals surface area contributed by atoms with Gasteiger partial charge in [0.25, 0.3) is 0 Å². The highest BCUT2D eigenvalue weighted by Gasteiger charge is 2.41. The van der Waals surface area contributed by atoms with Crippen LogP contribution in [0.5, 0.6) is 0 Å². The Morgan fingerprint density at radius 3 is 2.57 bits per heavy atom. The molecule has 2 aliphatic rings. The van der Waals surface area contributed by atoms with Crippen LogP contribution in [0.1, 0.15) is 65.8 Å². The van der Waals surface area contributed by atoms with E-state index in [1.807, 2.05) is 0 Å². The average Bonchev–Trinajstić information content (AvgIpc) is 3.16. The lowest BCUT2D eigenvalue weighted by molar-refractivity contribution is 0.160. The van der Waals surface area contributed by atoms with E-state index < -0.39 is 0 Å². The Morgan fingerprint density at radius 1 is 1.10 bits per heavy atom. The highest BCUT2D eigenvalue weighted by atomic mass is 32.1. The SMILES string of the molecule is OC1CCCc2nc(C3(c4ccccc4)CCCC3)sc21. The van der Waals surface area contributed by atoms with E-state index in [1.54, 1.807) is 11.3 Å². The normalized spacial score (nSPS) is 24.0. The Hall–Kier alpha value is -1.19. The molecule has 1 aromatic heterocycles. The van der Waals surface area contributed by atoms with Crippen LogP contribution in [-0.4, -0.2) is 10.1 Å². The molecule has 110 valence electrons. The molecule has 0 amide bonds. The number of aliphatic hydroxyl groups excluding tert-OH is 1. The van der Waals surface area contributed by atoms with Crippen LogP contribution in [0.25, 0.3) is 0 Å². The third-order valence-electron chi connectivity index (χ3n) is 5.11. The molecule has 1 heterocycles. The van der Waals surface area contributed by atoms with E-state index in [0.29, 0.717) is 0 Å². The lowest BCUT2D eigenvalue weighted by atomic mass is 9.79. The summed E-state index contributed by atoms with van der Waals surface area (Å²) in [6.45, 7) is 0. The summed E-state index contributed by atoms with van der Waals surface area (Å²) < 4.78 is 0. The third-order valence-corrected chi connectivity index (χ3v) is 6.52. The highest BCUT2D eigenvalue weighted by Crippen LogP contribution is 2.49. The van der Waals surface area contributed by atoms with Crippen molar-refractivity contribution in [1.82, 2.24) is 4.98 Å². The van der Waals surface area contributed by atoms with Gasteiger partial charge in [0.2, 0.25) is 0 Å². The van der Waals surface area contributed by atoms with Gasteiger partial charge in [-0.05, 0) is 37.7 Å². The van der Waals surface area contributed by atoms with E-state index in [0.717, 1.165) is 29.8 Å². The summed E-state index contributed by atoms with van der Waals surface area (Å²) in [4.78, 5) is 6.13. The Kier molecular flexibility index (Phi) is 3.35. The van der Waals surface area contributed by atoms with Crippen LogP contribution in [0.4, 0.5) is 0 Å². The van der Waals surface area contributed by atoms with Crippen molar-refractivity contribution in [2.75, 3.05) is 0 Å². The van der Waals surface area contributed by atoms with Crippen molar-refractivity contribution in [3.05, 3.63) is 51.5 Å². The molecule has 2 aliphatic carbocycles. The van der Waals surface area contributed by atoms with Gasteiger partial charge in [-0.1, -0.05) is 43.2 Å². The number of hydrogen-bond acceptors (Lipinski definition) is 3. The summed E-state index contributed by atoms with van der Waals surface area (Å²) in [5.41, 5.74) is 2.67.